The van der Waals surface area contributed by atoms with E-state index >= 15 is 0 Å². The van der Waals surface area contributed by atoms with Crippen molar-refractivity contribution in [2.75, 3.05) is 13.1 Å². The normalized spacial score (nSPS) is 10.6. The molecule has 0 saturated carbocycles. The van der Waals surface area contributed by atoms with Gasteiger partial charge < -0.3 is 10.6 Å². The predicted molar refractivity (Wildman–Crippen MR) is 91.4 cm³/mol. The molecule has 128 valence electrons. The average Bonchev–Trinajstić information content (AvgIpc) is 3.00. The summed E-state index contributed by atoms with van der Waals surface area (Å²) in [7, 11) is 0. The largest absolute Gasteiger partial charge is 0.350 e. The topological polar surface area (TPSA) is 101 Å². The SMILES string of the molecule is Cc1cc2nc(C(=O)NCCNC(=O)c3cccnc3)cc(C)n2n1. The number of nitrogens with one attached hydrogen (secondary N) is 2. The van der Waals surface area contributed by atoms with Crippen LogP contribution in [-0.2, 0) is 0 Å². The first-order chi connectivity index (χ1) is 12.0. The molecule has 0 radical (unpaired) electrons. The van der Waals surface area contributed by atoms with Crippen LogP contribution in [0, 0.1) is 13.8 Å². The highest BCUT2D eigenvalue weighted by Crippen LogP contribution is 2.08. The Hall–Kier alpha value is -3.29. The molecule has 0 aliphatic heterocycles. The second-order valence-electron chi connectivity index (χ2n) is 5.59. The molecule has 0 unspecified atom stereocenters. The van der Waals surface area contributed by atoms with Crippen LogP contribution in [0.5, 0.6) is 0 Å². The molecule has 0 aliphatic carbocycles. The minimum atomic E-state index is -0.292. The number of carbonyl (C=O) groups is 2. The van der Waals surface area contributed by atoms with Gasteiger partial charge in [0, 0.05) is 37.2 Å². The number of fused-ring (bicyclic) bond motifs is 1. The van der Waals surface area contributed by atoms with Gasteiger partial charge in [0.15, 0.2) is 5.65 Å². The molecular formula is C17H18N6O2. The monoisotopic (exact) mass is 338 g/mol. The zero-order chi connectivity index (χ0) is 17.8. The minimum absolute atomic E-state index is 0.229. The highest BCUT2D eigenvalue weighted by atomic mass is 16.2. The highest BCUT2D eigenvalue weighted by Gasteiger charge is 2.11. The maximum atomic E-state index is 12.2. The van der Waals surface area contributed by atoms with Crippen molar-refractivity contribution >= 4 is 17.5 Å². The predicted octanol–water partition coefficient (Wildman–Crippen LogP) is 0.901. The molecule has 3 rings (SSSR count). The van der Waals surface area contributed by atoms with E-state index in [9.17, 15) is 9.59 Å². The lowest BCUT2D eigenvalue weighted by Crippen LogP contribution is -2.35. The lowest BCUT2D eigenvalue weighted by atomic mass is 10.3. The van der Waals surface area contributed by atoms with Crippen LogP contribution in [0.1, 0.15) is 32.2 Å². The maximum absolute atomic E-state index is 12.2. The second-order valence-corrected chi connectivity index (χ2v) is 5.59. The number of aromatic nitrogens is 4. The van der Waals surface area contributed by atoms with E-state index < -0.39 is 0 Å². The fourth-order valence-corrected chi connectivity index (χ4v) is 2.40. The first kappa shape index (κ1) is 16.6. The van der Waals surface area contributed by atoms with Gasteiger partial charge in [-0.2, -0.15) is 5.10 Å². The summed E-state index contributed by atoms with van der Waals surface area (Å²) in [5.41, 5.74) is 3.10. The number of aryl methyl sites for hydroxylation is 2. The van der Waals surface area contributed by atoms with E-state index in [2.05, 4.69) is 25.7 Å². The zero-order valence-electron chi connectivity index (χ0n) is 14.0. The van der Waals surface area contributed by atoms with Crippen molar-refractivity contribution in [3.8, 4) is 0 Å². The quantitative estimate of drug-likeness (QED) is 0.673. The van der Waals surface area contributed by atoms with Gasteiger partial charge in [-0.25, -0.2) is 9.50 Å². The van der Waals surface area contributed by atoms with Crippen molar-refractivity contribution in [1.29, 1.82) is 0 Å². The Bertz CT molecular complexity index is 920. The molecular weight excluding hydrogens is 320 g/mol. The zero-order valence-corrected chi connectivity index (χ0v) is 14.0. The number of nitrogens with zero attached hydrogens (tertiary/aromatic N) is 4. The summed E-state index contributed by atoms with van der Waals surface area (Å²) in [6.07, 6.45) is 3.09. The number of amides is 2. The molecule has 25 heavy (non-hydrogen) atoms. The molecule has 3 heterocycles. The number of hydrogen-bond donors (Lipinski definition) is 2. The fourth-order valence-electron chi connectivity index (χ4n) is 2.40. The van der Waals surface area contributed by atoms with Crippen molar-refractivity contribution < 1.29 is 9.59 Å². The second kappa shape index (κ2) is 7.08. The molecule has 0 bridgehead atoms. The Kier molecular flexibility index (Phi) is 4.69. The molecule has 3 aromatic rings. The van der Waals surface area contributed by atoms with Crippen LogP contribution in [0.3, 0.4) is 0 Å². The molecule has 3 aromatic heterocycles. The van der Waals surface area contributed by atoms with Crippen LogP contribution in [0.4, 0.5) is 0 Å². The number of pyridine rings is 1. The van der Waals surface area contributed by atoms with Crippen molar-refractivity contribution in [2.45, 2.75) is 13.8 Å². The van der Waals surface area contributed by atoms with Gasteiger partial charge in [-0.15, -0.1) is 0 Å². The molecule has 2 N–H and O–H groups in total. The van der Waals surface area contributed by atoms with Crippen LogP contribution in [-0.4, -0.2) is 44.5 Å². The van der Waals surface area contributed by atoms with Crippen LogP contribution in [0.25, 0.3) is 5.65 Å². The van der Waals surface area contributed by atoms with Crippen molar-refractivity contribution in [3.63, 3.8) is 0 Å². The molecule has 0 aliphatic rings. The van der Waals surface area contributed by atoms with E-state index in [0.717, 1.165) is 11.4 Å². The van der Waals surface area contributed by atoms with Crippen LogP contribution < -0.4 is 10.6 Å². The summed E-state index contributed by atoms with van der Waals surface area (Å²) in [6.45, 7) is 4.35. The van der Waals surface area contributed by atoms with Gasteiger partial charge in [-0.05, 0) is 32.0 Å². The molecule has 0 spiro atoms. The Labute approximate surface area is 144 Å². The van der Waals surface area contributed by atoms with Gasteiger partial charge in [0.05, 0.1) is 11.3 Å². The number of carbonyl (C=O) groups excluding carboxylic acids is 2. The summed E-state index contributed by atoms with van der Waals surface area (Å²) < 4.78 is 1.69. The van der Waals surface area contributed by atoms with E-state index in [1.165, 1.54) is 6.20 Å². The Balaban J connectivity index is 1.55. The third-order valence-corrected chi connectivity index (χ3v) is 3.58. The first-order valence-corrected chi connectivity index (χ1v) is 7.85. The van der Waals surface area contributed by atoms with Crippen molar-refractivity contribution in [2.24, 2.45) is 0 Å². The summed E-state index contributed by atoms with van der Waals surface area (Å²) in [5, 5.41) is 9.77. The molecule has 2 amide bonds. The van der Waals surface area contributed by atoms with Gasteiger partial charge in [0.25, 0.3) is 11.8 Å². The van der Waals surface area contributed by atoms with E-state index in [-0.39, 0.29) is 11.8 Å². The lowest BCUT2D eigenvalue weighted by molar-refractivity contribution is 0.0925. The average molecular weight is 338 g/mol. The van der Waals surface area contributed by atoms with Gasteiger partial charge >= 0.3 is 0 Å². The van der Waals surface area contributed by atoms with E-state index in [1.54, 1.807) is 28.9 Å². The number of hydrogen-bond acceptors (Lipinski definition) is 5. The van der Waals surface area contributed by atoms with Crippen LogP contribution in [0.2, 0.25) is 0 Å². The Morgan fingerprint density at radius 1 is 1.12 bits per heavy atom. The number of rotatable bonds is 5. The molecule has 0 aromatic carbocycles. The van der Waals surface area contributed by atoms with E-state index in [1.807, 2.05) is 19.9 Å². The smallest absolute Gasteiger partial charge is 0.270 e. The summed E-state index contributed by atoms with van der Waals surface area (Å²) in [4.78, 5) is 32.3. The van der Waals surface area contributed by atoms with E-state index in [4.69, 9.17) is 0 Å². The molecule has 8 heteroatoms. The molecule has 0 saturated heterocycles. The van der Waals surface area contributed by atoms with Crippen LogP contribution >= 0.6 is 0 Å². The Morgan fingerprint density at radius 2 is 1.88 bits per heavy atom. The van der Waals surface area contributed by atoms with E-state index in [0.29, 0.717) is 30.0 Å². The molecule has 0 fully saturated rings. The van der Waals surface area contributed by atoms with Gasteiger partial charge in [-0.3, -0.25) is 14.6 Å². The van der Waals surface area contributed by atoms with Crippen molar-refractivity contribution in [3.05, 3.63) is 59.3 Å². The third-order valence-electron chi connectivity index (χ3n) is 3.58. The first-order valence-electron chi connectivity index (χ1n) is 7.85. The third kappa shape index (κ3) is 3.79. The van der Waals surface area contributed by atoms with Gasteiger partial charge in [-0.1, -0.05) is 0 Å². The maximum Gasteiger partial charge on any atom is 0.270 e. The Morgan fingerprint density at radius 3 is 2.60 bits per heavy atom. The van der Waals surface area contributed by atoms with Crippen molar-refractivity contribution in [1.82, 2.24) is 30.2 Å². The highest BCUT2D eigenvalue weighted by molar-refractivity contribution is 5.94. The lowest BCUT2D eigenvalue weighted by Gasteiger charge is -2.08. The minimum Gasteiger partial charge on any atom is -0.350 e. The van der Waals surface area contributed by atoms with Gasteiger partial charge in [0.2, 0.25) is 0 Å². The summed E-state index contributed by atoms with van der Waals surface area (Å²) >= 11 is 0. The standard InChI is InChI=1S/C17H18N6O2/c1-11-8-15-21-14(9-12(2)23(15)22-11)17(25)20-7-6-19-16(24)13-4-3-5-18-10-13/h3-5,8-10H,6-7H2,1-2H3,(H,19,24)(H,20,25). The molecule has 8 nitrogen and oxygen atoms in total. The fraction of sp³-hybridized carbons (Fsp3) is 0.235. The van der Waals surface area contributed by atoms with Crippen LogP contribution in [0.15, 0.2) is 36.7 Å². The molecule has 0 atom stereocenters. The van der Waals surface area contributed by atoms with Gasteiger partial charge in [0.1, 0.15) is 5.69 Å². The summed E-state index contributed by atoms with van der Waals surface area (Å²) in [5.74, 6) is -0.521. The summed E-state index contributed by atoms with van der Waals surface area (Å²) in [6, 6.07) is 6.87.